The number of halogens is 1. The molecule has 0 unspecified atom stereocenters. The number of rotatable bonds is 3. The molecule has 1 nitrogen and oxygen atoms in total. The smallest absolute Gasteiger partial charge is 0.0379 e. The van der Waals surface area contributed by atoms with Crippen molar-refractivity contribution >= 4 is 15.9 Å². The molecule has 100 valence electrons. The van der Waals surface area contributed by atoms with E-state index in [2.05, 4.69) is 66.3 Å². The van der Waals surface area contributed by atoms with Gasteiger partial charge in [0.1, 0.15) is 0 Å². The zero-order chi connectivity index (χ0) is 13.2. The molecule has 2 rings (SSSR count). The Balaban J connectivity index is 2.00. The molecule has 1 aromatic rings. The maximum Gasteiger partial charge on any atom is 0.0379 e. The first-order valence-electron chi connectivity index (χ1n) is 7.01. The van der Waals surface area contributed by atoms with Crippen LogP contribution in [-0.2, 0) is 5.54 Å². The van der Waals surface area contributed by atoms with Gasteiger partial charge in [-0.3, -0.25) is 0 Å². The molecule has 18 heavy (non-hydrogen) atoms. The molecule has 1 N–H and O–H groups in total. The Morgan fingerprint density at radius 1 is 1.06 bits per heavy atom. The largest absolute Gasteiger partial charge is 0.305 e. The summed E-state index contributed by atoms with van der Waals surface area (Å²) >= 11 is 3.50. The van der Waals surface area contributed by atoms with Crippen LogP contribution in [0.25, 0.3) is 0 Å². The van der Waals surface area contributed by atoms with E-state index in [1.54, 1.807) is 0 Å². The fourth-order valence-electron chi connectivity index (χ4n) is 2.86. The van der Waals surface area contributed by atoms with Crippen molar-refractivity contribution in [3.63, 3.8) is 0 Å². The normalized spacial score (nSPS) is 25.1. The van der Waals surface area contributed by atoms with Crippen molar-refractivity contribution in [1.29, 1.82) is 0 Å². The molecule has 1 aromatic carbocycles. The van der Waals surface area contributed by atoms with Crippen LogP contribution in [0, 0.1) is 5.92 Å². The average molecular weight is 310 g/mol. The first kappa shape index (κ1) is 14.1. The van der Waals surface area contributed by atoms with Gasteiger partial charge in [-0.1, -0.05) is 35.0 Å². The summed E-state index contributed by atoms with van der Waals surface area (Å²) < 4.78 is 1.15. The summed E-state index contributed by atoms with van der Waals surface area (Å²) in [5.41, 5.74) is 1.43. The van der Waals surface area contributed by atoms with E-state index in [0.717, 1.165) is 10.4 Å². The number of hydrogen-bond donors (Lipinski definition) is 1. The predicted molar refractivity (Wildman–Crippen MR) is 81.7 cm³/mol. The highest BCUT2D eigenvalue weighted by molar-refractivity contribution is 9.10. The Morgan fingerprint density at radius 3 is 2.17 bits per heavy atom. The molecule has 1 saturated carbocycles. The molecule has 0 aromatic heterocycles. The van der Waals surface area contributed by atoms with Gasteiger partial charge in [-0.15, -0.1) is 0 Å². The predicted octanol–water partition coefficient (Wildman–Crippen LogP) is 4.85. The molecule has 0 amide bonds. The highest BCUT2D eigenvalue weighted by Gasteiger charge is 2.26. The van der Waals surface area contributed by atoms with Gasteiger partial charge in [0, 0.05) is 16.1 Å². The zero-order valence-corrected chi connectivity index (χ0v) is 13.3. The van der Waals surface area contributed by atoms with Crippen LogP contribution in [-0.4, -0.2) is 6.04 Å². The van der Waals surface area contributed by atoms with Gasteiger partial charge >= 0.3 is 0 Å². The molecule has 0 aliphatic heterocycles. The third kappa shape index (κ3) is 3.58. The summed E-state index contributed by atoms with van der Waals surface area (Å²) in [6.45, 7) is 6.94. The second kappa shape index (κ2) is 5.75. The van der Waals surface area contributed by atoms with Crippen LogP contribution in [0.4, 0.5) is 0 Å². The topological polar surface area (TPSA) is 12.0 Å². The van der Waals surface area contributed by atoms with E-state index in [4.69, 9.17) is 0 Å². The maximum absolute atomic E-state index is 3.84. The lowest BCUT2D eigenvalue weighted by molar-refractivity contribution is 0.250. The minimum Gasteiger partial charge on any atom is -0.305 e. The fourth-order valence-corrected chi connectivity index (χ4v) is 3.13. The Labute approximate surface area is 119 Å². The molecule has 0 saturated heterocycles. The van der Waals surface area contributed by atoms with E-state index in [9.17, 15) is 0 Å². The van der Waals surface area contributed by atoms with Crippen molar-refractivity contribution in [2.45, 2.75) is 58.0 Å². The Kier molecular flexibility index (Phi) is 4.50. The zero-order valence-electron chi connectivity index (χ0n) is 11.7. The molecular formula is C16H24BrN. The van der Waals surface area contributed by atoms with E-state index in [-0.39, 0.29) is 5.54 Å². The summed E-state index contributed by atoms with van der Waals surface area (Å²) in [5, 5.41) is 3.84. The monoisotopic (exact) mass is 309 g/mol. The molecule has 2 heteroatoms. The van der Waals surface area contributed by atoms with Crippen molar-refractivity contribution in [3.8, 4) is 0 Å². The Hall–Kier alpha value is -0.340. The first-order valence-corrected chi connectivity index (χ1v) is 7.80. The van der Waals surface area contributed by atoms with Crippen LogP contribution in [0.1, 0.15) is 52.0 Å². The minimum atomic E-state index is 0.0615. The average Bonchev–Trinajstić information content (AvgIpc) is 2.32. The van der Waals surface area contributed by atoms with Gasteiger partial charge in [-0.25, -0.2) is 0 Å². The van der Waals surface area contributed by atoms with Gasteiger partial charge < -0.3 is 5.32 Å². The lowest BCUT2D eigenvalue weighted by atomic mass is 9.85. The van der Waals surface area contributed by atoms with Crippen LogP contribution < -0.4 is 5.32 Å². The van der Waals surface area contributed by atoms with Gasteiger partial charge in [0.05, 0.1) is 0 Å². The van der Waals surface area contributed by atoms with Gasteiger partial charge in [-0.05, 0) is 63.1 Å². The Morgan fingerprint density at radius 2 is 1.61 bits per heavy atom. The van der Waals surface area contributed by atoms with Crippen LogP contribution in [0.15, 0.2) is 28.7 Å². The van der Waals surface area contributed by atoms with Crippen LogP contribution in [0.5, 0.6) is 0 Å². The van der Waals surface area contributed by atoms with E-state index in [0.29, 0.717) is 6.04 Å². The fraction of sp³-hybridized carbons (Fsp3) is 0.625. The molecular weight excluding hydrogens is 286 g/mol. The maximum atomic E-state index is 3.84. The van der Waals surface area contributed by atoms with E-state index >= 15 is 0 Å². The molecule has 0 atom stereocenters. The van der Waals surface area contributed by atoms with Crippen molar-refractivity contribution in [3.05, 3.63) is 34.3 Å². The summed E-state index contributed by atoms with van der Waals surface area (Å²) in [6, 6.07) is 9.36. The van der Waals surface area contributed by atoms with Gasteiger partial charge in [0.25, 0.3) is 0 Å². The SMILES string of the molecule is CC1CCC(NC(C)(C)c2ccc(Br)cc2)CC1. The highest BCUT2D eigenvalue weighted by atomic mass is 79.9. The lowest BCUT2D eigenvalue weighted by Crippen LogP contribution is -2.45. The second-order valence-corrected chi connectivity index (χ2v) is 7.15. The number of benzene rings is 1. The first-order chi connectivity index (χ1) is 8.47. The van der Waals surface area contributed by atoms with E-state index in [1.165, 1.54) is 31.2 Å². The van der Waals surface area contributed by atoms with E-state index in [1.807, 2.05) is 0 Å². The van der Waals surface area contributed by atoms with Crippen LogP contribution >= 0.6 is 15.9 Å². The molecule has 0 spiro atoms. The summed E-state index contributed by atoms with van der Waals surface area (Å²) in [4.78, 5) is 0. The summed E-state index contributed by atoms with van der Waals surface area (Å²) in [5.74, 6) is 0.916. The van der Waals surface area contributed by atoms with E-state index < -0.39 is 0 Å². The number of hydrogen-bond acceptors (Lipinski definition) is 1. The third-order valence-electron chi connectivity index (χ3n) is 4.15. The minimum absolute atomic E-state index is 0.0615. The summed E-state index contributed by atoms with van der Waals surface area (Å²) in [6.07, 6.45) is 5.38. The highest BCUT2D eigenvalue weighted by Crippen LogP contribution is 2.28. The molecule has 0 bridgehead atoms. The van der Waals surface area contributed by atoms with Gasteiger partial charge in [-0.2, -0.15) is 0 Å². The van der Waals surface area contributed by atoms with Crippen LogP contribution in [0.2, 0.25) is 0 Å². The molecule has 0 heterocycles. The van der Waals surface area contributed by atoms with Crippen molar-refractivity contribution in [2.75, 3.05) is 0 Å². The van der Waals surface area contributed by atoms with Gasteiger partial charge in [0.2, 0.25) is 0 Å². The van der Waals surface area contributed by atoms with Crippen LogP contribution in [0.3, 0.4) is 0 Å². The van der Waals surface area contributed by atoms with Gasteiger partial charge in [0.15, 0.2) is 0 Å². The standard InChI is InChI=1S/C16H24BrN/c1-12-4-10-15(11-5-12)18-16(2,3)13-6-8-14(17)9-7-13/h6-9,12,15,18H,4-5,10-11H2,1-3H3. The molecule has 1 aliphatic carbocycles. The third-order valence-corrected chi connectivity index (χ3v) is 4.68. The summed E-state index contributed by atoms with van der Waals surface area (Å²) in [7, 11) is 0. The molecule has 1 aliphatic rings. The van der Waals surface area contributed by atoms with Crippen molar-refractivity contribution in [2.24, 2.45) is 5.92 Å². The van der Waals surface area contributed by atoms with Crippen molar-refractivity contribution in [1.82, 2.24) is 5.32 Å². The quantitative estimate of drug-likeness (QED) is 0.841. The molecule has 1 fully saturated rings. The molecule has 0 radical (unpaired) electrons. The number of nitrogens with one attached hydrogen (secondary N) is 1. The van der Waals surface area contributed by atoms with Crippen molar-refractivity contribution < 1.29 is 0 Å². The second-order valence-electron chi connectivity index (χ2n) is 6.23. The lowest BCUT2D eigenvalue weighted by Gasteiger charge is -2.36. The Bertz CT molecular complexity index is 375.